The summed E-state index contributed by atoms with van der Waals surface area (Å²) in [6.07, 6.45) is 3.62. The Kier molecular flexibility index (Phi) is 3.75. The van der Waals surface area contributed by atoms with Crippen LogP contribution in [0.3, 0.4) is 0 Å². The molecule has 1 atom stereocenters. The number of hydrogen-bond donors (Lipinski definition) is 2. The summed E-state index contributed by atoms with van der Waals surface area (Å²) in [5.41, 5.74) is 5.31. The number of carbonyl (C=O) groups excluding carboxylic acids is 1. The summed E-state index contributed by atoms with van der Waals surface area (Å²) < 4.78 is 0. The van der Waals surface area contributed by atoms with Crippen molar-refractivity contribution >= 4 is 16.8 Å². The Morgan fingerprint density at radius 2 is 2.24 bits per heavy atom. The minimum Gasteiger partial charge on any atom is -0.358 e. The van der Waals surface area contributed by atoms with E-state index in [1.807, 2.05) is 0 Å². The summed E-state index contributed by atoms with van der Waals surface area (Å²) in [6.45, 7) is 6.31. The van der Waals surface area contributed by atoms with Crippen molar-refractivity contribution in [2.45, 2.75) is 52.5 Å². The number of rotatable bonds is 3. The van der Waals surface area contributed by atoms with Crippen LogP contribution in [0.4, 0.5) is 0 Å². The van der Waals surface area contributed by atoms with Crippen LogP contribution in [0.25, 0.3) is 10.9 Å². The molecule has 0 saturated heterocycles. The van der Waals surface area contributed by atoms with Crippen LogP contribution >= 0.6 is 0 Å². The van der Waals surface area contributed by atoms with E-state index in [2.05, 4.69) is 49.3 Å². The Morgan fingerprint density at radius 3 is 3.00 bits per heavy atom. The molecule has 21 heavy (non-hydrogen) atoms. The van der Waals surface area contributed by atoms with Crippen molar-refractivity contribution in [2.24, 2.45) is 5.92 Å². The number of para-hydroxylation sites is 1. The van der Waals surface area contributed by atoms with E-state index in [0.717, 1.165) is 19.3 Å². The van der Waals surface area contributed by atoms with Crippen LogP contribution in [-0.2, 0) is 17.6 Å². The van der Waals surface area contributed by atoms with E-state index in [0.29, 0.717) is 12.3 Å². The molecular formula is C18H24N2O. The quantitative estimate of drug-likeness (QED) is 0.890. The molecule has 0 saturated carbocycles. The number of amides is 1. The molecule has 1 aromatic heterocycles. The predicted molar refractivity (Wildman–Crippen MR) is 86.4 cm³/mol. The lowest BCUT2D eigenvalue weighted by molar-refractivity contribution is -0.122. The van der Waals surface area contributed by atoms with Crippen molar-refractivity contribution in [1.29, 1.82) is 0 Å². The molecule has 1 aliphatic rings. The number of benzene rings is 1. The number of aryl methyl sites for hydroxylation is 2. The fourth-order valence-electron chi connectivity index (χ4n) is 3.37. The van der Waals surface area contributed by atoms with E-state index in [1.165, 1.54) is 27.7 Å². The second kappa shape index (κ2) is 5.55. The SMILES string of the molecule is Cc1cccc2c3c([nH]c12)CC[C@H](NC(=O)CC(C)C)C3. The zero-order valence-corrected chi connectivity index (χ0v) is 13.1. The maximum absolute atomic E-state index is 12.0. The summed E-state index contributed by atoms with van der Waals surface area (Å²) in [5.74, 6) is 0.606. The van der Waals surface area contributed by atoms with Gasteiger partial charge in [-0.3, -0.25) is 4.79 Å². The highest BCUT2D eigenvalue weighted by Gasteiger charge is 2.24. The molecule has 3 heteroatoms. The van der Waals surface area contributed by atoms with Gasteiger partial charge in [-0.1, -0.05) is 32.0 Å². The van der Waals surface area contributed by atoms with Crippen LogP contribution in [0.2, 0.25) is 0 Å². The number of hydrogen-bond acceptors (Lipinski definition) is 1. The Balaban J connectivity index is 1.80. The van der Waals surface area contributed by atoms with Crippen molar-refractivity contribution in [3.63, 3.8) is 0 Å². The second-order valence-corrected chi connectivity index (χ2v) is 6.68. The number of fused-ring (bicyclic) bond motifs is 3. The Labute approximate surface area is 126 Å². The Bertz CT molecular complexity index is 669. The first-order valence-electron chi connectivity index (χ1n) is 7.93. The summed E-state index contributed by atoms with van der Waals surface area (Å²) >= 11 is 0. The molecule has 112 valence electrons. The largest absolute Gasteiger partial charge is 0.358 e. The zero-order chi connectivity index (χ0) is 15.0. The van der Waals surface area contributed by atoms with Gasteiger partial charge < -0.3 is 10.3 Å². The van der Waals surface area contributed by atoms with Crippen LogP contribution in [0.5, 0.6) is 0 Å². The lowest BCUT2D eigenvalue weighted by Crippen LogP contribution is -2.39. The lowest BCUT2D eigenvalue weighted by atomic mass is 9.91. The molecule has 3 rings (SSSR count). The van der Waals surface area contributed by atoms with Gasteiger partial charge in [0.05, 0.1) is 0 Å². The molecule has 0 fully saturated rings. The maximum atomic E-state index is 12.0. The Morgan fingerprint density at radius 1 is 1.43 bits per heavy atom. The molecule has 2 N–H and O–H groups in total. The topological polar surface area (TPSA) is 44.9 Å². The fraction of sp³-hybridized carbons (Fsp3) is 0.500. The van der Waals surface area contributed by atoms with Gasteiger partial charge >= 0.3 is 0 Å². The van der Waals surface area contributed by atoms with E-state index in [9.17, 15) is 4.79 Å². The van der Waals surface area contributed by atoms with Crippen LogP contribution in [0, 0.1) is 12.8 Å². The highest BCUT2D eigenvalue weighted by Crippen LogP contribution is 2.30. The summed E-state index contributed by atoms with van der Waals surface area (Å²) in [4.78, 5) is 15.5. The van der Waals surface area contributed by atoms with Gasteiger partial charge in [-0.2, -0.15) is 0 Å². The fourth-order valence-corrected chi connectivity index (χ4v) is 3.37. The van der Waals surface area contributed by atoms with Crippen LogP contribution in [0.15, 0.2) is 18.2 Å². The molecule has 2 aromatic rings. The molecule has 3 nitrogen and oxygen atoms in total. The molecule has 0 unspecified atom stereocenters. The van der Waals surface area contributed by atoms with Gasteiger partial charge in [0.25, 0.3) is 0 Å². The molecule has 0 aliphatic heterocycles. The molecule has 0 bridgehead atoms. The van der Waals surface area contributed by atoms with Crippen LogP contribution in [-0.4, -0.2) is 16.9 Å². The number of carbonyl (C=O) groups is 1. The average molecular weight is 284 g/mol. The minimum atomic E-state index is 0.189. The smallest absolute Gasteiger partial charge is 0.220 e. The molecule has 0 spiro atoms. The van der Waals surface area contributed by atoms with E-state index in [4.69, 9.17) is 0 Å². The summed E-state index contributed by atoms with van der Waals surface area (Å²) in [5, 5.41) is 4.53. The third-order valence-corrected chi connectivity index (χ3v) is 4.39. The van der Waals surface area contributed by atoms with Crippen molar-refractivity contribution in [1.82, 2.24) is 10.3 Å². The first kappa shape index (κ1) is 14.2. The van der Waals surface area contributed by atoms with Gasteiger partial charge in [-0.25, -0.2) is 0 Å². The maximum Gasteiger partial charge on any atom is 0.220 e. The predicted octanol–water partition coefficient (Wildman–Crippen LogP) is 3.50. The molecule has 1 aromatic carbocycles. The normalized spacial score (nSPS) is 18.0. The van der Waals surface area contributed by atoms with Gasteiger partial charge in [0.2, 0.25) is 5.91 Å². The van der Waals surface area contributed by atoms with Gasteiger partial charge in [0.1, 0.15) is 0 Å². The summed E-state index contributed by atoms with van der Waals surface area (Å²) in [6, 6.07) is 6.73. The highest BCUT2D eigenvalue weighted by molar-refractivity contribution is 5.87. The standard InChI is InChI=1S/C18H24N2O/c1-11(2)9-17(21)19-13-7-8-16-15(10-13)14-6-4-5-12(3)18(14)20-16/h4-6,11,13,20H,7-10H2,1-3H3,(H,19,21)/t13-/m0/s1. The first-order chi connectivity index (χ1) is 10.0. The van der Waals surface area contributed by atoms with Crippen molar-refractivity contribution < 1.29 is 4.79 Å². The lowest BCUT2D eigenvalue weighted by Gasteiger charge is -2.24. The van der Waals surface area contributed by atoms with Crippen LogP contribution in [0.1, 0.15) is 43.5 Å². The van der Waals surface area contributed by atoms with Crippen molar-refractivity contribution in [3.05, 3.63) is 35.0 Å². The number of H-pyrrole nitrogens is 1. The molecule has 1 heterocycles. The number of nitrogens with one attached hydrogen (secondary N) is 2. The van der Waals surface area contributed by atoms with Gasteiger partial charge in [0.15, 0.2) is 0 Å². The molecule has 0 radical (unpaired) electrons. The van der Waals surface area contributed by atoms with E-state index in [-0.39, 0.29) is 11.9 Å². The molecular weight excluding hydrogens is 260 g/mol. The highest BCUT2D eigenvalue weighted by atomic mass is 16.1. The third kappa shape index (κ3) is 2.82. The van der Waals surface area contributed by atoms with Crippen molar-refractivity contribution in [3.8, 4) is 0 Å². The van der Waals surface area contributed by atoms with Gasteiger partial charge in [0, 0.05) is 29.1 Å². The second-order valence-electron chi connectivity index (χ2n) is 6.68. The van der Waals surface area contributed by atoms with E-state index in [1.54, 1.807) is 0 Å². The molecule has 1 aliphatic carbocycles. The monoisotopic (exact) mass is 284 g/mol. The minimum absolute atomic E-state index is 0.189. The van der Waals surface area contributed by atoms with Crippen LogP contribution < -0.4 is 5.32 Å². The Hall–Kier alpha value is -1.77. The number of aromatic amines is 1. The van der Waals surface area contributed by atoms with Gasteiger partial charge in [-0.15, -0.1) is 0 Å². The van der Waals surface area contributed by atoms with E-state index < -0.39 is 0 Å². The molecule has 1 amide bonds. The number of aromatic nitrogens is 1. The summed E-state index contributed by atoms with van der Waals surface area (Å²) in [7, 11) is 0. The third-order valence-electron chi connectivity index (χ3n) is 4.39. The van der Waals surface area contributed by atoms with Gasteiger partial charge in [-0.05, 0) is 43.2 Å². The average Bonchev–Trinajstić information content (AvgIpc) is 2.77. The zero-order valence-electron chi connectivity index (χ0n) is 13.1. The van der Waals surface area contributed by atoms with E-state index >= 15 is 0 Å². The first-order valence-corrected chi connectivity index (χ1v) is 7.93. The van der Waals surface area contributed by atoms with Crippen molar-refractivity contribution in [2.75, 3.05) is 0 Å².